The Morgan fingerprint density at radius 2 is 2.17 bits per heavy atom. The van der Waals surface area contributed by atoms with Crippen LogP contribution in [0.5, 0.6) is 0 Å². The highest BCUT2D eigenvalue weighted by Gasteiger charge is 2.31. The Labute approximate surface area is 148 Å². The summed E-state index contributed by atoms with van der Waals surface area (Å²) >= 11 is 1.36. The fourth-order valence-electron chi connectivity index (χ4n) is 2.93. The molecule has 24 heavy (non-hydrogen) atoms. The van der Waals surface area contributed by atoms with Gasteiger partial charge in [0, 0.05) is 0 Å². The largest absolute Gasteiger partial charge is 0.346 e. The van der Waals surface area contributed by atoms with Crippen LogP contribution in [0.1, 0.15) is 26.8 Å². The number of thiophene rings is 1. The topological polar surface area (TPSA) is 98.7 Å². The molecule has 2 aromatic heterocycles. The quantitative estimate of drug-likeness (QED) is 0.735. The summed E-state index contributed by atoms with van der Waals surface area (Å²) < 4.78 is 1.48. The summed E-state index contributed by atoms with van der Waals surface area (Å²) in [6.07, 6.45) is 2.21. The van der Waals surface area contributed by atoms with E-state index in [-0.39, 0.29) is 30.4 Å². The van der Waals surface area contributed by atoms with E-state index in [2.05, 4.69) is 26.9 Å². The molecule has 0 saturated carbocycles. The summed E-state index contributed by atoms with van der Waals surface area (Å²) in [6, 6.07) is 9.56. The van der Waals surface area contributed by atoms with Crippen LogP contribution in [0, 0.1) is 0 Å². The molecule has 0 aliphatic heterocycles. The molecule has 4 rings (SSSR count). The second kappa shape index (κ2) is 6.68. The van der Waals surface area contributed by atoms with E-state index >= 15 is 0 Å². The highest BCUT2D eigenvalue weighted by Crippen LogP contribution is 2.30. The standard InChI is InChI=1S/C15H14N6OS.ClH/c16-13-10-4-2-1-3-9(10)7-11(13)18-15(22)14-12(5-6-23-14)21-8-17-19-20-21;/h1-6,8,11,13H,7,16H2,(H,18,22);1H/t11-,13-;/m1./s1. The number of nitrogens with zero attached hydrogens (tertiary/aromatic N) is 4. The van der Waals surface area contributed by atoms with Gasteiger partial charge in [0.15, 0.2) is 0 Å². The first-order chi connectivity index (χ1) is 11.2. The maximum Gasteiger partial charge on any atom is 0.263 e. The predicted molar refractivity (Wildman–Crippen MR) is 92.6 cm³/mol. The maximum atomic E-state index is 12.6. The highest BCUT2D eigenvalue weighted by molar-refractivity contribution is 7.12. The van der Waals surface area contributed by atoms with Crippen molar-refractivity contribution >= 4 is 29.7 Å². The number of hydrogen-bond donors (Lipinski definition) is 2. The lowest BCUT2D eigenvalue weighted by Gasteiger charge is -2.17. The van der Waals surface area contributed by atoms with Crippen LogP contribution < -0.4 is 11.1 Å². The number of benzene rings is 1. The van der Waals surface area contributed by atoms with Crippen LogP contribution in [0.15, 0.2) is 42.0 Å². The van der Waals surface area contributed by atoms with E-state index in [4.69, 9.17) is 5.73 Å². The van der Waals surface area contributed by atoms with Crippen LogP contribution in [-0.2, 0) is 6.42 Å². The fraction of sp³-hybridized carbons (Fsp3) is 0.200. The van der Waals surface area contributed by atoms with Crippen LogP contribution in [0.3, 0.4) is 0 Å². The number of carbonyl (C=O) groups excluding carboxylic acids is 1. The Kier molecular flexibility index (Phi) is 4.61. The van der Waals surface area contributed by atoms with Crippen molar-refractivity contribution in [3.05, 3.63) is 58.0 Å². The molecule has 0 fully saturated rings. The summed E-state index contributed by atoms with van der Waals surface area (Å²) in [5.74, 6) is -0.154. The number of carbonyl (C=O) groups is 1. The smallest absolute Gasteiger partial charge is 0.263 e. The zero-order valence-electron chi connectivity index (χ0n) is 12.5. The van der Waals surface area contributed by atoms with Crippen LogP contribution >= 0.6 is 23.7 Å². The first kappa shape index (κ1) is 16.6. The van der Waals surface area contributed by atoms with Crippen molar-refractivity contribution in [3.63, 3.8) is 0 Å². The van der Waals surface area contributed by atoms with Crippen LogP contribution in [0.2, 0.25) is 0 Å². The third kappa shape index (κ3) is 2.79. The van der Waals surface area contributed by atoms with Gasteiger partial charge in [-0.15, -0.1) is 28.8 Å². The third-order valence-corrected chi connectivity index (χ3v) is 4.95. The summed E-state index contributed by atoms with van der Waals surface area (Å²) in [7, 11) is 0. The van der Waals surface area contributed by atoms with E-state index in [1.807, 2.05) is 29.6 Å². The molecule has 7 nitrogen and oxygen atoms in total. The molecular weight excluding hydrogens is 348 g/mol. The Morgan fingerprint density at radius 3 is 2.92 bits per heavy atom. The van der Waals surface area contributed by atoms with Gasteiger partial charge < -0.3 is 11.1 Å². The van der Waals surface area contributed by atoms with Crippen LogP contribution in [0.25, 0.3) is 5.69 Å². The number of halogens is 1. The first-order valence-corrected chi connectivity index (χ1v) is 8.07. The van der Waals surface area contributed by atoms with Gasteiger partial charge in [0.1, 0.15) is 11.2 Å². The first-order valence-electron chi connectivity index (χ1n) is 7.19. The molecular formula is C15H15ClN6OS. The Morgan fingerprint density at radius 1 is 1.33 bits per heavy atom. The molecule has 3 aromatic rings. The molecule has 2 heterocycles. The van der Waals surface area contributed by atoms with E-state index in [9.17, 15) is 4.79 Å². The zero-order valence-corrected chi connectivity index (χ0v) is 14.1. The number of nitrogens with one attached hydrogen (secondary N) is 1. The lowest BCUT2D eigenvalue weighted by molar-refractivity contribution is 0.0937. The van der Waals surface area contributed by atoms with Gasteiger partial charge in [-0.2, -0.15) is 4.68 Å². The minimum Gasteiger partial charge on any atom is -0.346 e. The number of aromatic nitrogens is 4. The molecule has 0 spiro atoms. The molecule has 1 aliphatic rings. The van der Waals surface area contributed by atoms with Crippen molar-refractivity contribution in [2.75, 3.05) is 0 Å². The monoisotopic (exact) mass is 362 g/mol. The van der Waals surface area contributed by atoms with E-state index in [1.54, 1.807) is 0 Å². The second-order valence-electron chi connectivity index (χ2n) is 5.40. The van der Waals surface area contributed by atoms with Gasteiger partial charge >= 0.3 is 0 Å². The Hall–Kier alpha value is -2.29. The minimum absolute atomic E-state index is 0. The van der Waals surface area contributed by atoms with Gasteiger partial charge in [0.05, 0.1) is 17.8 Å². The molecule has 124 valence electrons. The van der Waals surface area contributed by atoms with Crippen molar-refractivity contribution in [1.29, 1.82) is 0 Å². The van der Waals surface area contributed by atoms with E-state index in [1.165, 1.54) is 27.9 Å². The molecule has 0 bridgehead atoms. The van der Waals surface area contributed by atoms with E-state index in [0.717, 1.165) is 12.0 Å². The summed E-state index contributed by atoms with van der Waals surface area (Å²) in [4.78, 5) is 13.2. The number of tetrazole rings is 1. The van der Waals surface area contributed by atoms with Crippen molar-refractivity contribution in [1.82, 2.24) is 25.5 Å². The third-order valence-electron chi connectivity index (χ3n) is 4.05. The Bertz CT molecular complexity index is 849. The van der Waals surface area contributed by atoms with Crippen LogP contribution in [-0.4, -0.2) is 32.2 Å². The lowest BCUT2D eigenvalue weighted by atomic mass is 10.1. The molecule has 9 heteroatoms. The summed E-state index contributed by atoms with van der Waals surface area (Å²) in [5.41, 5.74) is 9.24. The molecule has 1 aromatic carbocycles. The van der Waals surface area contributed by atoms with Crippen molar-refractivity contribution in [2.24, 2.45) is 5.73 Å². The summed E-state index contributed by atoms with van der Waals surface area (Å²) in [6.45, 7) is 0. The van der Waals surface area contributed by atoms with Gasteiger partial charge in [-0.05, 0) is 39.4 Å². The summed E-state index contributed by atoms with van der Waals surface area (Å²) in [5, 5.41) is 15.9. The highest BCUT2D eigenvalue weighted by atomic mass is 35.5. The van der Waals surface area contributed by atoms with Crippen molar-refractivity contribution < 1.29 is 4.79 Å². The average Bonchev–Trinajstić information content (AvgIpc) is 3.28. The second-order valence-corrected chi connectivity index (χ2v) is 6.31. The van der Waals surface area contributed by atoms with Gasteiger partial charge in [-0.25, -0.2) is 0 Å². The Balaban J connectivity index is 0.00000169. The van der Waals surface area contributed by atoms with Gasteiger partial charge in [0.25, 0.3) is 5.91 Å². The lowest BCUT2D eigenvalue weighted by Crippen LogP contribution is -2.40. The molecule has 0 unspecified atom stereocenters. The molecule has 1 amide bonds. The normalized spacial score (nSPS) is 18.7. The average molecular weight is 363 g/mol. The minimum atomic E-state index is -0.188. The number of rotatable bonds is 3. The maximum absolute atomic E-state index is 12.6. The fourth-order valence-corrected chi connectivity index (χ4v) is 3.71. The number of nitrogens with two attached hydrogens (primary N) is 1. The molecule has 0 radical (unpaired) electrons. The molecule has 2 atom stereocenters. The van der Waals surface area contributed by atoms with Gasteiger partial charge in [-0.1, -0.05) is 24.3 Å². The van der Waals surface area contributed by atoms with Crippen molar-refractivity contribution in [3.8, 4) is 5.69 Å². The number of hydrogen-bond acceptors (Lipinski definition) is 6. The SMILES string of the molecule is Cl.N[C@@H]1c2ccccc2C[C@H]1NC(=O)c1sccc1-n1cnnn1. The molecule has 0 saturated heterocycles. The predicted octanol–water partition coefficient (Wildman–Crippen LogP) is 1.50. The van der Waals surface area contributed by atoms with Crippen molar-refractivity contribution in [2.45, 2.75) is 18.5 Å². The number of fused-ring (bicyclic) bond motifs is 1. The zero-order chi connectivity index (χ0) is 15.8. The molecule has 1 aliphatic carbocycles. The number of amides is 1. The van der Waals surface area contributed by atoms with Gasteiger partial charge in [0.2, 0.25) is 0 Å². The molecule has 3 N–H and O–H groups in total. The van der Waals surface area contributed by atoms with Crippen LogP contribution in [0.4, 0.5) is 0 Å². The van der Waals surface area contributed by atoms with E-state index < -0.39 is 0 Å². The van der Waals surface area contributed by atoms with Gasteiger partial charge in [-0.3, -0.25) is 4.79 Å². The van der Waals surface area contributed by atoms with E-state index in [0.29, 0.717) is 10.6 Å².